The molecule has 0 amide bonds. The van der Waals surface area contributed by atoms with E-state index >= 15 is 0 Å². The van der Waals surface area contributed by atoms with Gasteiger partial charge in [-0.1, -0.05) is 24.6 Å². The maximum absolute atomic E-state index is 14.2. The minimum Gasteiger partial charge on any atom is -0.295 e. The van der Waals surface area contributed by atoms with Crippen molar-refractivity contribution in [1.29, 1.82) is 0 Å². The van der Waals surface area contributed by atoms with E-state index in [-0.39, 0.29) is 60.9 Å². The molecule has 1 aromatic carbocycles. The lowest BCUT2D eigenvalue weighted by Gasteiger charge is -2.51. The first-order chi connectivity index (χ1) is 15.0. The Balaban J connectivity index is 0.00000385. The van der Waals surface area contributed by atoms with Gasteiger partial charge in [0, 0.05) is 51.0 Å². The van der Waals surface area contributed by atoms with Crippen LogP contribution in [0.5, 0.6) is 0 Å². The van der Waals surface area contributed by atoms with Crippen molar-refractivity contribution >= 4 is 39.8 Å². The Labute approximate surface area is 205 Å². The van der Waals surface area contributed by atoms with E-state index in [9.17, 15) is 26.4 Å². The number of hydrogen-bond acceptors (Lipinski definition) is 4. The minimum absolute atomic E-state index is 0. The average Bonchev–Trinajstić information content (AvgIpc) is 2.73. The normalized spacial score (nSPS) is 21.4. The second-order valence-electron chi connectivity index (χ2n) is 8.80. The number of halogens is 5. The maximum atomic E-state index is 14.2. The highest BCUT2D eigenvalue weighted by Crippen LogP contribution is 2.44. The Morgan fingerprint density at radius 2 is 1.70 bits per heavy atom. The molecule has 0 N–H and O–H groups in total. The smallest absolute Gasteiger partial charge is 0.248 e. The average molecular weight is 531 g/mol. The summed E-state index contributed by atoms with van der Waals surface area (Å²) in [6.07, 6.45) is 0.670. The van der Waals surface area contributed by atoms with Gasteiger partial charge in [0.25, 0.3) is 0 Å². The third-order valence-electron chi connectivity index (χ3n) is 6.74. The quantitative estimate of drug-likeness (QED) is 0.435. The van der Waals surface area contributed by atoms with E-state index in [1.807, 2.05) is 6.92 Å². The van der Waals surface area contributed by atoms with E-state index < -0.39 is 33.1 Å². The number of alkyl halides is 2. The molecule has 1 aromatic rings. The lowest BCUT2D eigenvalue weighted by atomic mass is 9.74. The Morgan fingerprint density at radius 3 is 2.24 bits per heavy atom. The van der Waals surface area contributed by atoms with E-state index in [1.54, 1.807) is 0 Å². The molecule has 11 heteroatoms. The lowest BCUT2D eigenvalue weighted by Crippen LogP contribution is -2.60. The van der Waals surface area contributed by atoms with Crippen LogP contribution in [0, 0.1) is 5.82 Å². The van der Waals surface area contributed by atoms with E-state index in [0.29, 0.717) is 39.0 Å². The summed E-state index contributed by atoms with van der Waals surface area (Å²) in [6.45, 7) is 3.25. The van der Waals surface area contributed by atoms with Gasteiger partial charge in [-0.3, -0.25) is 9.69 Å². The van der Waals surface area contributed by atoms with Crippen molar-refractivity contribution in [3.8, 4) is 0 Å². The lowest BCUT2D eigenvalue weighted by molar-refractivity contribution is -0.0891. The second-order valence-corrected chi connectivity index (χ2v) is 11.3. The number of Topliss-reactive ketones (excluding diaryl/α,β-unsaturated/α-hetero) is 1. The number of piperazine rings is 1. The molecule has 0 unspecified atom stereocenters. The highest BCUT2D eigenvalue weighted by atomic mass is 35.5. The fourth-order valence-corrected chi connectivity index (χ4v) is 6.63. The molecule has 5 nitrogen and oxygen atoms in total. The Kier molecular flexibility index (Phi) is 9.67. The summed E-state index contributed by atoms with van der Waals surface area (Å²) in [5.74, 6) is -3.80. The van der Waals surface area contributed by atoms with Crippen LogP contribution in [0.2, 0.25) is 5.02 Å². The topological polar surface area (TPSA) is 57.7 Å². The SMILES string of the molecule is CCCS(=O)(=O)N1CCN(C2(CCC(=O)c3c(F)cccc3Cl)CCC(F)(F)CC2)CC1.Cl. The predicted octanol–water partition coefficient (Wildman–Crippen LogP) is 5.17. The standard InChI is InChI=1S/C22H30ClF3N2O3S.ClH/c1-2-16-32(30,31)28-14-12-27(13-15-28)21(8-10-22(25,26)11-9-21)7-6-19(29)20-17(23)4-3-5-18(20)24;/h3-5H,2,6-16H2,1H3;1H. The van der Waals surface area contributed by atoms with Crippen molar-refractivity contribution in [2.75, 3.05) is 31.9 Å². The van der Waals surface area contributed by atoms with Crippen LogP contribution in [-0.4, -0.2) is 66.8 Å². The van der Waals surface area contributed by atoms with Gasteiger partial charge < -0.3 is 0 Å². The summed E-state index contributed by atoms with van der Waals surface area (Å²) in [5.41, 5.74) is -0.809. The minimum atomic E-state index is -3.32. The number of sulfonamides is 1. The maximum Gasteiger partial charge on any atom is 0.248 e. The van der Waals surface area contributed by atoms with Gasteiger partial charge in [0.05, 0.1) is 16.3 Å². The van der Waals surface area contributed by atoms with Crippen LogP contribution < -0.4 is 0 Å². The Bertz CT molecular complexity index is 909. The van der Waals surface area contributed by atoms with Crippen LogP contribution in [0.1, 0.15) is 62.2 Å². The summed E-state index contributed by atoms with van der Waals surface area (Å²) in [7, 11) is -3.32. The van der Waals surface area contributed by atoms with Crippen molar-refractivity contribution in [1.82, 2.24) is 9.21 Å². The molecule has 0 aromatic heterocycles. The van der Waals surface area contributed by atoms with Gasteiger partial charge in [-0.15, -0.1) is 12.4 Å². The zero-order chi connectivity index (χ0) is 23.6. The first kappa shape index (κ1) is 28.4. The third-order valence-corrected chi connectivity index (χ3v) is 9.13. The second kappa shape index (κ2) is 11.2. The number of benzene rings is 1. The molecule has 1 heterocycles. The van der Waals surface area contributed by atoms with Crippen LogP contribution in [0.3, 0.4) is 0 Å². The van der Waals surface area contributed by atoms with E-state index in [0.717, 1.165) is 0 Å². The van der Waals surface area contributed by atoms with Crippen LogP contribution in [0.15, 0.2) is 18.2 Å². The molecule has 2 aliphatic rings. The molecule has 0 atom stereocenters. The van der Waals surface area contributed by atoms with Gasteiger partial charge in [0.2, 0.25) is 15.9 Å². The summed E-state index contributed by atoms with van der Waals surface area (Å²) < 4.78 is 68.3. The molecule has 0 radical (unpaired) electrons. The van der Waals surface area contributed by atoms with Crippen LogP contribution in [0.4, 0.5) is 13.2 Å². The summed E-state index contributed by atoms with van der Waals surface area (Å²) in [4.78, 5) is 14.8. The van der Waals surface area contributed by atoms with Gasteiger partial charge >= 0.3 is 0 Å². The molecular weight excluding hydrogens is 500 g/mol. The molecule has 3 rings (SSSR count). The van der Waals surface area contributed by atoms with Crippen LogP contribution in [0.25, 0.3) is 0 Å². The molecule has 0 bridgehead atoms. The molecule has 1 saturated heterocycles. The van der Waals surface area contributed by atoms with Crippen LogP contribution in [-0.2, 0) is 10.0 Å². The first-order valence-corrected chi connectivity index (χ1v) is 13.1. The predicted molar refractivity (Wildman–Crippen MR) is 126 cm³/mol. The fraction of sp³-hybridized carbons (Fsp3) is 0.682. The van der Waals surface area contributed by atoms with Crippen molar-refractivity contribution in [2.45, 2.75) is 63.3 Å². The Hall–Kier alpha value is -0.870. The van der Waals surface area contributed by atoms with Gasteiger partial charge in [0.15, 0.2) is 5.78 Å². The molecule has 33 heavy (non-hydrogen) atoms. The molecule has 1 saturated carbocycles. The summed E-state index contributed by atoms with van der Waals surface area (Å²) in [6, 6.07) is 4.04. The molecule has 188 valence electrons. The van der Waals surface area contributed by atoms with Gasteiger partial charge in [-0.05, 0) is 37.8 Å². The molecule has 2 fully saturated rings. The summed E-state index contributed by atoms with van der Waals surface area (Å²) >= 11 is 6.02. The molecule has 0 spiro atoms. The monoisotopic (exact) mass is 530 g/mol. The van der Waals surface area contributed by atoms with E-state index in [4.69, 9.17) is 11.6 Å². The van der Waals surface area contributed by atoms with Crippen molar-refractivity contribution in [3.05, 3.63) is 34.6 Å². The fourth-order valence-electron chi connectivity index (χ4n) is 4.87. The van der Waals surface area contributed by atoms with Gasteiger partial charge in [-0.25, -0.2) is 21.6 Å². The number of carbonyl (C=O) groups is 1. The van der Waals surface area contributed by atoms with E-state index in [2.05, 4.69) is 4.90 Å². The van der Waals surface area contributed by atoms with Crippen molar-refractivity contribution < 1.29 is 26.4 Å². The van der Waals surface area contributed by atoms with Crippen LogP contribution >= 0.6 is 24.0 Å². The van der Waals surface area contributed by atoms with E-state index in [1.165, 1.54) is 22.5 Å². The number of carbonyl (C=O) groups excluding carboxylic acids is 1. The zero-order valence-electron chi connectivity index (χ0n) is 18.7. The summed E-state index contributed by atoms with van der Waals surface area (Å²) in [5, 5.41) is 0.0361. The van der Waals surface area contributed by atoms with Gasteiger partial charge in [0.1, 0.15) is 5.82 Å². The van der Waals surface area contributed by atoms with Crippen molar-refractivity contribution in [2.24, 2.45) is 0 Å². The number of nitrogens with zero attached hydrogens (tertiary/aromatic N) is 2. The highest BCUT2D eigenvalue weighted by molar-refractivity contribution is 7.89. The third kappa shape index (κ3) is 6.63. The molecule has 1 aliphatic heterocycles. The largest absolute Gasteiger partial charge is 0.295 e. The molecular formula is C22H31Cl2F3N2O3S. The van der Waals surface area contributed by atoms with Crippen molar-refractivity contribution in [3.63, 3.8) is 0 Å². The highest BCUT2D eigenvalue weighted by Gasteiger charge is 2.47. The molecule has 1 aliphatic carbocycles. The number of ketones is 1. The number of hydrogen-bond donors (Lipinski definition) is 0. The van der Waals surface area contributed by atoms with Gasteiger partial charge in [-0.2, -0.15) is 4.31 Å². The first-order valence-electron chi connectivity index (χ1n) is 11.1. The number of rotatable bonds is 8. The Morgan fingerprint density at radius 1 is 1.09 bits per heavy atom. The zero-order valence-corrected chi connectivity index (χ0v) is 21.1.